The van der Waals surface area contributed by atoms with E-state index in [-0.39, 0.29) is 28.4 Å². The van der Waals surface area contributed by atoms with E-state index in [0.29, 0.717) is 0 Å². The van der Waals surface area contributed by atoms with E-state index in [9.17, 15) is 17.6 Å². The number of aromatic nitrogens is 1. The molecule has 1 aromatic heterocycles. The van der Waals surface area contributed by atoms with E-state index in [1.807, 2.05) is 0 Å². The van der Waals surface area contributed by atoms with Crippen LogP contribution in [0.25, 0.3) is 0 Å². The molecule has 0 amide bonds. The van der Waals surface area contributed by atoms with Crippen molar-refractivity contribution >= 4 is 15.5 Å². The summed E-state index contributed by atoms with van der Waals surface area (Å²) in [5, 5.41) is 0. The minimum Gasteiger partial charge on any atom is -0.396 e. The predicted molar refractivity (Wildman–Crippen MR) is 73.6 cm³/mol. The number of benzene rings is 1. The number of hydrogen-bond donors (Lipinski definition) is 1. The van der Waals surface area contributed by atoms with Crippen LogP contribution in [0.3, 0.4) is 0 Å². The first kappa shape index (κ1) is 14.3. The summed E-state index contributed by atoms with van der Waals surface area (Å²) in [5.74, 6) is -1.07. The van der Waals surface area contributed by atoms with Gasteiger partial charge in [-0.25, -0.2) is 12.8 Å². The van der Waals surface area contributed by atoms with Crippen molar-refractivity contribution < 1.29 is 12.8 Å². The average molecular weight is 296 g/mol. The van der Waals surface area contributed by atoms with Crippen LogP contribution < -0.4 is 11.3 Å². The number of aryl methyl sites for hydroxylation is 1. The Balaban J connectivity index is 2.22. The van der Waals surface area contributed by atoms with Crippen LogP contribution in [0.1, 0.15) is 0 Å². The molecule has 0 spiro atoms. The van der Waals surface area contributed by atoms with Crippen LogP contribution in [-0.4, -0.2) is 18.7 Å². The molecule has 0 fully saturated rings. The number of sulfone groups is 1. The van der Waals surface area contributed by atoms with Crippen LogP contribution in [0.5, 0.6) is 0 Å². The summed E-state index contributed by atoms with van der Waals surface area (Å²) in [6, 6.07) is 7.89. The van der Waals surface area contributed by atoms with Crippen LogP contribution in [0, 0.1) is 5.82 Å². The topological polar surface area (TPSA) is 82.2 Å². The van der Waals surface area contributed by atoms with Gasteiger partial charge < -0.3 is 10.3 Å². The van der Waals surface area contributed by atoms with Gasteiger partial charge in [0.25, 0.3) is 5.56 Å². The molecule has 2 N–H and O–H groups in total. The second kappa shape index (κ2) is 5.46. The molecule has 0 saturated heterocycles. The molecule has 7 heteroatoms. The second-order valence-corrected chi connectivity index (χ2v) is 6.34. The van der Waals surface area contributed by atoms with Gasteiger partial charge in [0.2, 0.25) is 0 Å². The first-order valence-electron chi connectivity index (χ1n) is 5.83. The van der Waals surface area contributed by atoms with Gasteiger partial charge in [0.15, 0.2) is 9.84 Å². The van der Waals surface area contributed by atoms with Gasteiger partial charge in [-0.05, 0) is 24.3 Å². The second-order valence-electron chi connectivity index (χ2n) is 4.23. The van der Waals surface area contributed by atoms with Crippen molar-refractivity contribution in [1.29, 1.82) is 0 Å². The normalized spacial score (nSPS) is 11.4. The van der Waals surface area contributed by atoms with Crippen molar-refractivity contribution in [1.82, 2.24) is 4.57 Å². The molecule has 106 valence electrons. The third-order valence-electron chi connectivity index (χ3n) is 2.83. The number of pyridine rings is 1. The van der Waals surface area contributed by atoms with Crippen LogP contribution in [0.2, 0.25) is 0 Å². The Morgan fingerprint density at radius 1 is 1.20 bits per heavy atom. The first-order valence-corrected chi connectivity index (χ1v) is 7.48. The monoisotopic (exact) mass is 296 g/mol. The smallest absolute Gasteiger partial charge is 0.250 e. The zero-order valence-electron chi connectivity index (χ0n) is 10.5. The SMILES string of the molecule is Nc1ccc(S(=O)(=O)CCn2ccccc2=O)cc1F. The summed E-state index contributed by atoms with van der Waals surface area (Å²) in [5.41, 5.74) is 4.91. The van der Waals surface area contributed by atoms with E-state index in [2.05, 4.69) is 0 Å². The van der Waals surface area contributed by atoms with Crippen LogP contribution in [0.4, 0.5) is 10.1 Å². The Morgan fingerprint density at radius 2 is 1.95 bits per heavy atom. The molecule has 0 aliphatic heterocycles. The highest BCUT2D eigenvalue weighted by Gasteiger charge is 2.16. The van der Waals surface area contributed by atoms with Crippen LogP contribution in [0.15, 0.2) is 52.3 Å². The molecule has 0 unspecified atom stereocenters. The summed E-state index contributed by atoms with van der Waals surface area (Å²) in [7, 11) is -3.67. The third-order valence-corrected chi connectivity index (χ3v) is 4.52. The molecule has 0 atom stereocenters. The number of rotatable bonds is 4. The largest absolute Gasteiger partial charge is 0.396 e. The molecule has 2 aromatic rings. The fraction of sp³-hybridized carbons (Fsp3) is 0.154. The molecular formula is C13H13FN2O3S. The molecule has 2 rings (SSSR count). The third kappa shape index (κ3) is 3.05. The highest BCUT2D eigenvalue weighted by molar-refractivity contribution is 7.91. The Hall–Kier alpha value is -2.15. The van der Waals surface area contributed by atoms with Crippen molar-refractivity contribution in [3.05, 3.63) is 58.8 Å². The van der Waals surface area contributed by atoms with E-state index in [1.165, 1.54) is 29.0 Å². The van der Waals surface area contributed by atoms with E-state index < -0.39 is 15.7 Å². The maximum Gasteiger partial charge on any atom is 0.250 e. The summed E-state index contributed by atoms with van der Waals surface area (Å²) < 4.78 is 38.7. The molecule has 1 heterocycles. The lowest BCUT2D eigenvalue weighted by Gasteiger charge is -2.07. The number of nitrogen functional groups attached to an aromatic ring is 1. The van der Waals surface area contributed by atoms with Gasteiger partial charge in [0.1, 0.15) is 5.82 Å². The molecule has 20 heavy (non-hydrogen) atoms. The molecule has 0 saturated carbocycles. The fourth-order valence-corrected chi connectivity index (χ4v) is 2.91. The van der Waals surface area contributed by atoms with Crippen molar-refractivity contribution in [3.8, 4) is 0 Å². The first-order chi connectivity index (χ1) is 9.40. The minimum atomic E-state index is -3.67. The summed E-state index contributed by atoms with van der Waals surface area (Å²) in [6.07, 6.45) is 1.50. The number of anilines is 1. The lowest BCUT2D eigenvalue weighted by Crippen LogP contribution is -2.22. The number of nitrogens with zero attached hydrogens (tertiary/aromatic N) is 1. The van der Waals surface area contributed by atoms with Gasteiger partial charge in [-0.2, -0.15) is 0 Å². The standard InChI is InChI=1S/C13H13FN2O3S/c14-11-9-10(4-5-12(11)15)20(18,19)8-7-16-6-2-1-3-13(16)17/h1-6,9H,7-8,15H2. The molecule has 1 aromatic carbocycles. The molecule has 0 aliphatic rings. The van der Waals surface area contributed by atoms with Crippen molar-refractivity contribution in [3.63, 3.8) is 0 Å². The maximum absolute atomic E-state index is 13.3. The zero-order chi connectivity index (χ0) is 14.8. The van der Waals surface area contributed by atoms with Crippen LogP contribution in [-0.2, 0) is 16.4 Å². The Kier molecular flexibility index (Phi) is 3.89. The summed E-state index contributed by atoms with van der Waals surface area (Å²) in [6.45, 7) is 0.00794. The summed E-state index contributed by atoms with van der Waals surface area (Å²) in [4.78, 5) is 11.3. The Labute approximate surface area is 115 Å². The molecule has 0 radical (unpaired) electrons. The van der Waals surface area contributed by atoms with E-state index in [0.717, 1.165) is 6.07 Å². The van der Waals surface area contributed by atoms with Gasteiger partial charge in [-0.3, -0.25) is 4.79 Å². The Morgan fingerprint density at radius 3 is 2.60 bits per heavy atom. The van der Waals surface area contributed by atoms with Crippen LogP contribution >= 0.6 is 0 Å². The zero-order valence-corrected chi connectivity index (χ0v) is 11.3. The number of nitrogens with two attached hydrogens (primary N) is 1. The highest BCUT2D eigenvalue weighted by atomic mass is 32.2. The quantitative estimate of drug-likeness (QED) is 0.855. The lowest BCUT2D eigenvalue weighted by molar-refractivity contribution is 0.583. The Bertz CT molecular complexity index is 784. The maximum atomic E-state index is 13.3. The van der Waals surface area contributed by atoms with E-state index in [1.54, 1.807) is 12.1 Å². The molecule has 0 aliphatic carbocycles. The van der Waals surface area contributed by atoms with Crippen molar-refractivity contribution in [2.75, 3.05) is 11.5 Å². The van der Waals surface area contributed by atoms with Crippen molar-refractivity contribution in [2.45, 2.75) is 11.4 Å². The number of hydrogen-bond acceptors (Lipinski definition) is 4. The van der Waals surface area contributed by atoms with Crippen molar-refractivity contribution in [2.24, 2.45) is 0 Å². The van der Waals surface area contributed by atoms with Gasteiger partial charge in [0, 0.05) is 18.8 Å². The molecule has 5 nitrogen and oxygen atoms in total. The average Bonchev–Trinajstić information content (AvgIpc) is 2.41. The van der Waals surface area contributed by atoms with Gasteiger partial charge in [-0.15, -0.1) is 0 Å². The molecular weight excluding hydrogens is 283 g/mol. The predicted octanol–water partition coefficient (Wildman–Crippen LogP) is 1.04. The molecule has 0 bridgehead atoms. The number of halogens is 1. The van der Waals surface area contributed by atoms with E-state index >= 15 is 0 Å². The fourth-order valence-electron chi connectivity index (χ4n) is 1.68. The van der Waals surface area contributed by atoms with Gasteiger partial charge >= 0.3 is 0 Å². The summed E-state index contributed by atoms with van der Waals surface area (Å²) >= 11 is 0. The minimum absolute atomic E-state index is 0.00794. The van der Waals surface area contributed by atoms with Gasteiger partial charge in [-0.1, -0.05) is 6.07 Å². The van der Waals surface area contributed by atoms with Gasteiger partial charge in [0.05, 0.1) is 16.3 Å². The van der Waals surface area contributed by atoms with E-state index in [4.69, 9.17) is 5.73 Å². The highest BCUT2D eigenvalue weighted by Crippen LogP contribution is 2.17. The lowest BCUT2D eigenvalue weighted by atomic mass is 10.3.